The maximum atomic E-state index is 5.00. The minimum Gasteiger partial charge on any atom is -0.369 e. The van der Waals surface area contributed by atoms with Crippen molar-refractivity contribution in [1.29, 1.82) is 0 Å². The van der Waals surface area contributed by atoms with Crippen LogP contribution < -0.4 is 5.32 Å². The number of nitrogens with zero attached hydrogens (tertiary/aromatic N) is 4. The van der Waals surface area contributed by atoms with Crippen LogP contribution >= 0.6 is 23.1 Å². The molecule has 0 unspecified atom stereocenters. The van der Waals surface area contributed by atoms with Gasteiger partial charge in [0.1, 0.15) is 16.5 Å². The molecule has 2 aliphatic rings. The molecular weight excluding hydrogens is 422 g/mol. The third kappa shape index (κ3) is 5.06. The Labute approximate surface area is 193 Å². The fourth-order valence-corrected chi connectivity index (χ4v) is 6.53. The Morgan fingerprint density at radius 1 is 1.06 bits per heavy atom. The lowest BCUT2D eigenvalue weighted by molar-refractivity contribution is 0.154. The van der Waals surface area contributed by atoms with Gasteiger partial charge in [0, 0.05) is 42.5 Å². The lowest BCUT2D eigenvalue weighted by atomic mass is 10.2. The van der Waals surface area contributed by atoms with Gasteiger partial charge in [-0.3, -0.25) is 0 Å². The molecule has 1 N–H and O–H groups in total. The van der Waals surface area contributed by atoms with Gasteiger partial charge in [-0.2, -0.15) is 0 Å². The van der Waals surface area contributed by atoms with Gasteiger partial charge in [-0.1, -0.05) is 18.2 Å². The van der Waals surface area contributed by atoms with Crippen molar-refractivity contribution in [3.05, 3.63) is 46.6 Å². The highest BCUT2D eigenvalue weighted by Crippen LogP contribution is 2.40. The molecule has 164 valence electrons. The number of anilines is 1. The topological polar surface area (TPSA) is 44.3 Å². The Morgan fingerprint density at radius 2 is 1.90 bits per heavy atom. The van der Waals surface area contributed by atoms with Gasteiger partial charge in [0.15, 0.2) is 0 Å². The molecule has 0 radical (unpaired) electrons. The lowest BCUT2D eigenvalue weighted by Crippen LogP contribution is -2.44. The molecule has 1 fully saturated rings. The van der Waals surface area contributed by atoms with Gasteiger partial charge < -0.3 is 15.1 Å². The lowest BCUT2D eigenvalue weighted by Gasteiger charge is -2.32. The van der Waals surface area contributed by atoms with E-state index in [0.717, 1.165) is 36.9 Å². The monoisotopic (exact) mass is 453 g/mol. The molecule has 0 spiro atoms. The highest BCUT2D eigenvalue weighted by atomic mass is 32.2. The summed E-state index contributed by atoms with van der Waals surface area (Å²) >= 11 is 3.70. The zero-order valence-electron chi connectivity index (χ0n) is 18.3. The van der Waals surface area contributed by atoms with E-state index in [4.69, 9.17) is 9.97 Å². The average molecular weight is 454 g/mol. The summed E-state index contributed by atoms with van der Waals surface area (Å²) in [5.74, 6) is 2.80. The first-order valence-electron chi connectivity index (χ1n) is 11.4. The predicted octanol–water partition coefficient (Wildman–Crippen LogP) is 4.52. The zero-order chi connectivity index (χ0) is 21.0. The van der Waals surface area contributed by atoms with Crippen LogP contribution in [0.4, 0.5) is 5.82 Å². The number of hydrogen-bond acceptors (Lipinski definition) is 7. The number of likely N-dealkylation sites (N-methyl/N-ethyl adjacent to an activating group) is 1. The molecule has 0 bridgehead atoms. The van der Waals surface area contributed by atoms with Crippen molar-refractivity contribution in [2.24, 2.45) is 0 Å². The third-order valence-electron chi connectivity index (χ3n) is 6.26. The van der Waals surface area contributed by atoms with Gasteiger partial charge >= 0.3 is 0 Å². The first-order valence-corrected chi connectivity index (χ1v) is 13.2. The Bertz CT molecular complexity index is 1010. The van der Waals surface area contributed by atoms with Crippen LogP contribution in [0.3, 0.4) is 0 Å². The van der Waals surface area contributed by atoms with Gasteiger partial charge in [-0.05, 0) is 57.0 Å². The van der Waals surface area contributed by atoms with E-state index < -0.39 is 0 Å². The molecule has 3 heterocycles. The molecule has 1 aromatic carbocycles. The number of piperazine rings is 1. The second-order valence-electron chi connectivity index (χ2n) is 8.55. The molecule has 1 aliphatic heterocycles. The molecule has 0 amide bonds. The van der Waals surface area contributed by atoms with E-state index in [1.165, 1.54) is 71.0 Å². The largest absolute Gasteiger partial charge is 0.369 e. The van der Waals surface area contributed by atoms with E-state index in [1.54, 1.807) is 0 Å². The first kappa shape index (κ1) is 21.2. The Kier molecular flexibility index (Phi) is 6.74. The van der Waals surface area contributed by atoms with Crippen LogP contribution in [0, 0.1) is 0 Å². The number of rotatable bonds is 8. The summed E-state index contributed by atoms with van der Waals surface area (Å²) in [6, 6.07) is 10.5. The van der Waals surface area contributed by atoms with Crippen molar-refractivity contribution in [3.8, 4) is 0 Å². The van der Waals surface area contributed by atoms with Crippen LogP contribution in [0.2, 0.25) is 0 Å². The Hall–Kier alpha value is -1.67. The summed E-state index contributed by atoms with van der Waals surface area (Å²) in [6.45, 7) is 6.87. The number of fused-ring (bicyclic) bond motifs is 3. The van der Waals surface area contributed by atoms with Crippen LogP contribution in [-0.4, -0.2) is 66.1 Å². The Balaban J connectivity index is 1.28. The molecule has 5 rings (SSSR count). The molecule has 0 atom stereocenters. The quantitative estimate of drug-likeness (QED) is 0.400. The van der Waals surface area contributed by atoms with E-state index in [-0.39, 0.29) is 0 Å². The van der Waals surface area contributed by atoms with Crippen molar-refractivity contribution < 1.29 is 0 Å². The van der Waals surface area contributed by atoms with E-state index in [0.29, 0.717) is 0 Å². The first-order chi connectivity index (χ1) is 15.3. The van der Waals surface area contributed by atoms with Gasteiger partial charge in [0.25, 0.3) is 0 Å². The summed E-state index contributed by atoms with van der Waals surface area (Å²) in [7, 11) is 2.21. The van der Waals surface area contributed by atoms with Gasteiger partial charge in [-0.25, -0.2) is 9.97 Å². The van der Waals surface area contributed by atoms with Crippen molar-refractivity contribution in [2.75, 3.05) is 51.6 Å². The average Bonchev–Trinajstić information content (AvgIpc) is 3.38. The van der Waals surface area contributed by atoms with Crippen LogP contribution in [0.5, 0.6) is 0 Å². The summed E-state index contributed by atoms with van der Waals surface area (Å²) in [5.41, 5.74) is 1.50. The van der Waals surface area contributed by atoms with Crippen LogP contribution in [-0.2, 0) is 18.6 Å². The second kappa shape index (κ2) is 9.86. The number of thiophene rings is 1. The summed E-state index contributed by atoms with van der Waals surface area (Å²) < 4.78 is 0. The molecule has 1 aliphatic carbocycles. The van der Waals surface area contributed by atoms with Crippen molar-refractivity contribution in [2.45, 2.75) is 36.3 Å². The Morgan fingerprint density at radius 3 is 2.74 bits per heavy atom. The SMILES string of the molecule is CN1CCN(CCCNc2nc(CSc3ccccc3)nc3sc4c(c23)CCC4)CC1. The molecule has 7 heteroatoms. The van der Waals surface area contributed by atoms with Gasteiger partial charge in [0.2, 0.25) is 0 Å². The van der Waals surface area contributed by atoms with Crippen LogP contribution in [0.1, 0.15) is 29.1 Å². The standard InChI is InChI=1S/C24H31N5S2/c1-28-13-15-29(16-14-28)12-6-11-25-23-22-19-9-5-10-20(19)31-24(22)27-21(26-23)17-30-18-7-3-2-4-8-18/h2-4,7-8H,5-6,9-17H2,1H3,(H,25,26,27). The number of nitrogens with one attached hydrogen (secondary N) is 1. The summed E-state index contributed by atoms with van der Waals surface area (Å²) in [4.78, 5) is 18.9. The van der Waals surface area contributed by atoms with Crippen LogP contribution in [0.15, 0.2) is 35.2 Å². The van der Waals surface area contributed by atoms with E-state index in [9.17, 15) is 0 Å². The minimum absolute atomic E-state index is 0.804. The molecule has 31 heavy (non-hydrogen) atoms. The van der Waals surface area contributed by atoms with Gasteiger partial charge in [0.05, 0.1) is 11.1 Å². The molecule has 5 nitrogen and oxygen atoms in total. The summed E-state index contributed by atoms with van der Waals surface area (Å²) in [5, 5.41) is 5.00. The molecule has 3 aromatic rings. The second-order valence-corrected chi connectivity index (χ2v) is 10.7. The maximum absolute atomic E-state index is 5.00. The minimum atomic E-state index is 0.804. The van der Waals surface area contributed by atoms with E-state index >= 15 is 0 Å². The molecule has 2 aromatic heterocycles. The highest BCUT2D eigenvalue weighted by Gasteiger charge is 2.22. The number of benzene rings is 1. The molecule has 1 saturated heterocycles. The van der Waals surface area contributed by atoms with Crippen molar-refractivity contribution >= 4 is 39.1 Å². The van der Waals surface area contributed by atoms with Crippen LogP contribution in [0.25, 0.3) is 10.2 Å². The van der Waals surface area contributed by atoms with E-state index in [2.05, 4.69) is 52.5 Å². The normalized spacial score (nSPS) is 17.3. The zero-order valence-corrected chi connectivity index (χ0v) is 19.9. The molecule has 0 saturated carbocycles. The fraction of sp³-hybridized carbons (Fsp3) is 0.500. The number of aryl methyl sites for hydroxylation is 2. The fourth-order valence-electron chi connectivity index (χ4n) is 4.48. The predicted molar refractivity (Wildman–Crippen MR) is 132 cm³/mol. The third-order valence-corrected chi connectivity index (χ3v) is 8.46. The number of hydrogen-bond donors (Lipinski definition) is 1. The number of thioether (sulfide) groups is 1. The van der Waals surface area contributed by atoms with Gasteiger partial charge in [-0.15, -0.1) is 23.1 Å². The molecular formula is C24H31N5S2. The van der Waals surface area contributed by atoms with Crippen molar-refractivity contribution in [3.63, 3.8) is 0 Å². The van der Waals surface area contributed by atoms with E-state index in [1.807, 2.05) is 23.1 Å². The highest BCUT2D eigenvalue weighted by molar-refractivity contribution is 7.98. The smallest absolute Gasteiger partial charge is 0.142 e. The number of aromatic nitrogens is 2. The summed E-state index contributed by atoms with van der Waals surface area (Å²) in [6.07, 6.45) is 4.79. The van der Waals surface area contributed by atoms with Crippen molar-refractivity contribution in [1.82, 2.24) is 19.8 Å². The maximum Gasteiger partial charge on any atom is 0.142 e.